The summed E-state index contributed by atoms with van der Waals surface area (Å²) in [5.41, 5.74) is 0. The van der Waals surface area contributed by atoms with E-state index < -0.39 is 0 Å². The van der Waals surface area contributed by atoms with Crippen LogP contribution in [0.25, 0.3) is 0 Å². The van der Waals surface area contributed by atoms with Crippen molar-refractivity contribution >= 4 is 0 Å². The molecule has 0 saturated carbocycles. The van der Waals surface area contributed by atoms with Gasteiger partial charge in [0.25, 0.3) is 0 Å². The molecule has 1 heteroatoms. The predicted octanol–water partition coefficient (Wildman–Crippen LogP) is 3.48. The summed E-state index contributed by atoms with van der Waals surface area (Å²) in [7, 11) is 1.82. The number of rotatable bonds is 6. The van der Waals surface area contributed by atoms with Gasteiger partial charge in [0.05, 0.1) is 6.10 Å². The third kappa shape index (κ3) is 5.59. The first-order valence-electron chi connectivity index (χ1n) is 5.10. The number of hydrogen-bond acceptors (Lipinski definition) is 1. The van der Waals surface area contributed by atoms with Crippen molar-refractivity contribution in [1.29, 1.82) is 0 Å². The fourth-order valence-electron chi connectivity index (χ4n) is 1.45. The second kappa shape index (κ2) is 6.47. The van der Waals surface area contributed by atoms with E-state index in [1.54, 1.807) is 0 Å². The molecule has 0 radical (unpaired) electrons. The van der Waals surface area contributed by atoms with Gasteiger partial charge in [-0.3, -0.25) is 0 Å². The van der Waals surface area contributed by atoms with Gasteiger partial charge in [-0.1, -0.05) is 40.5 Å². The van der Waals surface area contributed by atoms with Crippen molar-refractivity contribution in [2.75, 3.05) is 7.11 Å². The van der Waals surface area contributed by atoms with E-state index >= 15 is 0 Å². The van der Waals surface area contributed by atoms with E-state index in [2.05, 4.69) is 27.7 Å². The van der Waals surface area contributed by atoms with E-state index in [0.717, 1.165) is 5.92 Å². The Hall–Kier alpha value is -0.0400. The van der Waals surface area contributed by atoms with E-state index in [0.29, 0.717) is 12.0 Å². The van der Waals surface area contributed by atoms with Gasteiger partial charge in [-0.2, -0.15) is 0 Å². The Balaban J connectivity index is 3.45. The zero-order chi connectivity index (χ0) is 9.56. The van der Waals surface area contributed by atoms with Gasteiger partial charge >= 0.3 is 0 Å². The Bertz CT molecular complexity index is 97.2. The first-order valence-corrected chi connectivity index (χ1v) is 5.10. The summed E-state index contributed by atoms with van der Waals surface area (Å²) >= 11 is 0. The van der Waals surface area contributed by atoms with Gasteiger partial charge in [0.2, 0.25) is 0 Å². The molecule has 1 nitrogen and oxygen atoms in total. The molecule has 0 rings (SSSR count). The van der Waals surface area contributed by atoms with Crippen molar-refractivity contribution in [3.05, 3.63) is 0 Å². The van der Waals surface area contributed by atoms with E-state index in [4.69, 9.17) is 4.74 Å². The van der Waals surface area contributed by atoms with E-state index in [9.17, 15) is 0 Å². The van der Waals surface area contributed by atoms with Crippen LogP contribution in [0.4, 0.5) is 0 Å². The summed E-state index contributed by atoms with van der Waals surface area (Å²) in [6, 6.07) is 0. The minimum Gasteiger partial charge on any atom is -0.381 e. The highest BCUT2D eigenvalue weighted by Gasteiger charge is 2.11. The fraction of sp³-hybridized carbons (Fsp3) is 1.00. The molecule has 0 aliphatic rings. The maximum Gasteiger partial charge on any atom is 0.0594 e. The molecule has 0 aromatic rings. The molecule has 0 aromatic carbocycles. The molecule has 0 heterocycles. The molecule has 0 amide bonds. The average Bonchev–Trinajstić information content (AvgIpc) is 1.96. The van der Waals surface area contributed by atoms with Gasteiger partial charge in [0.1, 0.15) is 0 Å². The Morgan fingerprint density at radius 2 is 1.58 bits per heavy atom. The minimum atomic E-state index is 0.462. The molecule has 0 saturated heterocycles. The first-order chi connectivity index (χ1) is 5.57. The summed E-state index contributed by atoms with van der Waals surface area (Å²) < 4.78 is 5.39. The summed E-state index contributed by atoms with van der Waals surface area (Å²) in [4.78, 5) is 0. The molecule has 0 fully saturated rings. The van der Waals surface area contributed by atoms with Crippen molar-refractivity contribution < 1.29 is 4.74 Å². The third-order valence-electron chi connectivity index (χ3n) is 2.32. The lowest BCUT2D eigenvalue weighted by molar-refractivity contribution is 0.0554. The summed E-state index contributed by atoms with van der Waals surface area (Å²) in [5, 5.41) is 0. The van der Waals surface area contributed by atoms with Crippen LogP contribution in [0.2, 0.25) is 0 Å². The van der Waals surface area contributed by atoms with Crippen molar-refractivity contribution in [3.8, 4) is 0 Å². The highest BCUT2D eigenvalue weighted by Crippen LogP contribution is 2.15. The zero-order valence-corrected chi connectivity index (χ0v) is 9.26. The standard InChI is InChI=1S/C11H24O/c1-9(2)7-6-8-11(12-5)10(3)4/h9-11H,6-8H2,1-5H3. The SMILES string of the molecule is COC(CCCC(C)C)C(C)C. The molecule has 0 N–H and O–H groups in total. The Morgan fingerprint density at radius 3 is 1.92 bits per heavy atom. The third-order valence-corrected chi connectivity index (χ3v) is 2.32. The largest absolute Gasteiger partial charge is 0.381 e. The van der Waals surface area contributed by atoms with Gasteiger partial charge in [-0.15, -0.1) is 0 Å². The number of methoxy groups -OCH3 is 1. The molecule has 0 bridgehead atoms. The van der Waals surface area contributed by atoms with Gasteiger partial charge in [-0.05, 0) is 18.3 Å². The average molecular weight is 172 g/mol. The van der Waals surface area contributed by atoms with Crippen LogP contribution in [0.1, 0.15) is 47.0 Å². The lowest BCUT2D eigenvalue weighted by atomic mass is 9.98. The van der Waals surface area contributed by atoms with Crippen LogP contribution in [0.15, 0.2) is 0 Å². The van der Waals surface area contributed by atoms with Crippen molar-refractivity contribution in [2.24, 2.45) is 11.8 Å². The van der Waals surface area contributed by atoms with Gasteiger partial charge < -0.3 is 4.74 Å². The predicted molar refractivity (Wildman–Crippen MR) is 54.3 cm³/mol. The summed E-state index contributed by atoms with van der Waals surface area (Å²) in [6.45, 7) is 9.00. The molecule has 74 valence electrons. The fourth-order valence-corrected chi connectivity index (χ4v) is 1.45. The molecular weight excluding hydrogens is 148 g/mol. The van der Waals surface area contributed by atoms with E-state index in [1.807, 2.05) is 7.11 Å². The molecular formula is C11H24O. The lowest BCUT2D eigenvalue weighted by Crippen LogP contribution is -2.17. The monoisotopic (exact) mass is 172 g/mol. The van der Waals surface area contributed by atoms with E-state index in [1.165, 1.54) is 19.3 Å². The highest BCUT2D eigenvalue weighted by molar-refractivity contribution is 4.62. The molecule has 0 aliphatic heterocycles. The summed E-state index contributed by atoms with van der Waals surface area (Å²) in [6.07, 6.45) is 4.30. The van der Waals surface area contributed by atoms with Crippen molar-refractivity contribution in [3.63, 3.8) is 0 Å². The Labute approximate surface area is 77.5 Å². The molecule has 0 aromatic heterocycles. The Morgan fingerprint density at radius 1 is 1.00 bits per heavy atom. The van der Waals surface area contributed by atoms with Crippen LogP contribution in [-0.4, -0.2) is 13.2 Å². The zero-order valence-electron chi connectivity index (χ0n) is 9.26. The molecule has 1 atom stereocenters. The smallest absolute Gasteiger partial charge is 0.0594 e. The molecule has 12 heavy (non-hydrogen) atoms. The molecule has 0 spiro atoms. The maximum atomic E-state index is 5.39. The topological polar surface area (TPSA) is 9.23 Å². The van der Waals surface area contributed by atoms with Gasteiger partial charge in [-0.25, -0.2) is 0 Å². The molecule has 1 unspecified atom stereocenters. The number of hydrogen-bond donors (Lipinski definition) is 0. The Kier molecular flexibility index (Phi) is 6.45. The van der Waals surface area contributed by atoms with Crippen LogP contribution in [0.5, 0.6) is 0 Å². The van der Waals surface area contributed by atoms with Gasteiger partial charge in [0.15, 0.2) is 0 Å². The number of ether oxygens (including phenoxy) is 1. The van der Waals surface area contributed by atoms with Crippen LogP contribution in [0, 0.1) is 11.8 Å². The maximum absolute atomic E-state index is 5.39. The van der Waals surface area contributed by atoms with Crippen molar-refractivity contribution in [1.82, 2.24) is 0 Å². The quantitative estimate of drug-likeness (QED) is 0.596. The van der Waals surface area contributed by atoms with E-state index in [-0.39, 0.29) is 0 Å². The summed E-state index contributed by atoms with van der Waals surface area (Å²) in [5.74, 6) is 1.48. The normalized spacial score (nSPS) is 14.2. The van der Waals surface area contributed by atoms with Gasteiger partial charge in [0, 0.05) is 7.11 Å². The van der Waals surface area contributed by atoms with Crippen molar-refractivity contribution in [2.45, 2.75) is 53.1 Å². The lowest BCUT2D eigenvalue weighted by Gasteiger charge is -2.19. The second-order valence-electron chi connectivity index (χ2n) is 4.34. The second-order valence-corrected chi connectivity index (χ2v) is 4.34. The van der Waals surface area contributed by atoms with Crippen LogP contribution < -0.4 is 0 Å². The minimum absolute atomic E-state index is 0.462. The van der Waals surface area contributed by atoms with Crippen LogP contribution >= 0.6 is 0 Å². The first kappa shape index (κ1) is 12.0. The highest BCUT2D eigenvalue weighted by atomic mass is 16.5. The molecule has 0 aliphatic carbocycles. The van der Waals surface area contributed by atoms with Crippen LogP contribution in [-0.2, 0) is 4.74 Å². The van der Waals surface area contributed by atoms with Crippen LogP contribution in [0.3, 0.4) is 0 Å².